The van der Waals surface area contributed by atoms with Gasteiger partial charge in [-0.3, -0.25) is 4.90 Å². The maximum atomic E-state index is 12.9. The first kappa shape index (κ1) is 22.6. The van der Waals surface area contributed by atoms with Gasteiger partial charge >= 0.3 is 6.03 Å². The number of nitrogens with one attached hydrogen (secondary N) is 2. The van der Waals surface area contributed by atoms with E-state index in [2.05, 4.69) is 35.4 Å². The van der Waals surface area contributed by atoms with Crippen LogP contribution in [0.25, 0.3) is 0 Å². The van der Waals surface area contributed by atoms with Crippen molar-refractivity contribution in [2.75, 3.05) is 30.7 Å². The van der Waals surface area contributed by atoms with Crippen molar-refractivity contribution in [3.05, 3.63) is 59.9 Å². The Morgan fingerprint density at radius 1 is 1.13 bits per heavy atom. The molecule has 2 amide bonds. The van der Waals surface area contributed by atoms with E-state index in [1.54, 1.807) is 23.9 Å². The van der Waals surface area contributed by atoms with Gasteiger partial charge < -0.3 is 15.4 Å². The lowest BCUT2D eigenvalue weighted by Gasteiger charge is -2.35. The Kier molecular flexibility index (Phi) is 8.54. The van der Waals surface area contributed by atoms with Crippen LogP contribution in [0.15, 0.2) is 53.4 Å². The van der Waals surface area contributed by atoms with Crippen LogP contribution in [0, 0.1) is 5.82 Å². The van der Waals surface area contributed by atoms with Crippen molar-refractivity contribution in [2.24, 2.45) is 0 Å². The maximum Gasteiger partial charge on any atom is 0.319 e. The number of urea groups is 1. The third-order valence-corrected chi connectivity index (χ3v) is 5.94. The predicted octanol–water partition coefficient (Wildman–Crippen LogP) is 4.74. The van der Waals surface area contributed by atoms with E-state index in [9.17, 15) is 9.18 Å². The van der Waals surface area contributed by atoms with Gasteiger partial charge in [0.2, 0.25) is 0 Å². The summed E-state index contributed by atoms with van der Waals surface area (Å²) in [5, 5.41) is 5.90. The number of thioether (sulfide) groups is 1. The van der Waals surface area contributed by atoms with Crippen molar-refractivity contribution in [3.63, 3.8) is 0 Å². The molecule has 0 aliphatic carbocycles. The Labute approximate surface area is 182 Å². The summed E-state index contributed by atoms with van der Waals surface area (Å²) >= 11 is 1.65. The summed E-state index contributed by atoms with van der Waals surface area (Å²) in [6.07, 6.45) is 1.26. The summed E-state index contributed by atoms with van der Waals surface area (Å²) in [4.78, 5) is 15.7. The molecule has 1 heterocycles. The van der Waals surface area contributed by atoms with Gasteiger partial charge in [-0.2, -0.15) is 0 Å². The molecule has 30 heavy (non-hydrogen) atoms. The van der Waals surface area contributed by atoms with Crippen molar-refractivity contribution in [1.29, 1.82) is 0 Å². The van der Waals surface area contributed by atoms with Crippen molar-refractivity contribution in [3.8, 4) is 0 Å². The van der Waals surface area contributed by atoms with Crippen LogP contribution in [0.1, 0.15) is 25.8 Å². The number of ether oxygens (including phenoxy) is 1. The Morgan fingerprint density at radius 3 is 2.57 bits per heavy atom. The van der Waals surface area contributed by atoms with Gasteiger partial charge in [0.1, 0.15) is 5.82 Å². The fourth-order valence-corrected chi connectivity index (χ4v) is 4.45. The monoisotopic (exact) mass is 431 g/mol. The van der Waals surface area contributed by atoms with Gasteiger partial charge in [0.25, 0.3) is 0 Å². The van der Waals surface area contributed by atoms with Gasteiger partial charge in [-0.05, 0) is 61.9 Å². The zero-order valence-electron chi connectivity index (χ0n) is 17.6. The fourth-order valence-electron chi connectivity index (χ4n) is 3.60. The van der Waals surface area contributed by atoms with E-state index in [4.69, 9.17) is 4.74 Å². The Balaban J connectivity index is 1.42. The molecule has 0 aromatic heterocycles. The molecule has 0 saturated carbocycles. The minimum atomic E-state index is -0.226. The molecule has 0 radical (unpaired) electrons. The molecule has 7 heteroatoms. The molecule has 162 valence electrons. The molecule has 1 fully saturated rings. The first-order valence-electron chi connectivity index (χ1n) is 10.4. The molecule has 2 aromatic carbocycles. The number of hydrogen-bond acceptors (Lipinski definition) is 4. The highest BCUT2D eigenvalue weighted by Crippen LogP contribution is 2.21. The molecule has 1 aliphatic heterocycles. The van der Waals surface area contributed by atoms with E-state index >= 15 is 0 Å². The molecule has 1 saturated heterocycles. The second-order valence-corrected chi connectivity index (χ2v) is 8.81. The molecule has 2 N–H and O–H groups in total. The highest BCUT2D eigenvalue weighted by Gasteiger charge is 2.22. The van der Waals surface area contributed by atoms with Gasteiger partial charge in [-0.25, -0.2) is 9.18 Å². The number of carbonyl (C=O) groups excluding carboxylic acids is 1. The lowest BCUT2D eigenvalue weighted by molar-refractivity contribution is -0.0704. The van der Waals surface area contributed by atoms with Crippen molar-refractivity contribution in [2.45, 2.75) is 43.9 Å². The minimum absolute atomic E-state index is 0.196. The van der Waals surface area contributed by atoms with Crippen LogP contribution in [0.5, 0.6) is 0 Å². The normalized spacial score (nSPS) is 19.4. The van der Waals surface area contributed by atoms with E-state index in [1.165, 1.54) is 12.1 Å². The first-order valence-corrected chi connectivity index (χ1v) is 11.4. The SMILES string of the molecule is CC1CN(Cc2ccccc2NC(=O)NCCCSc2ccc(F)cc2)CC(C)O1. The van der Waals surface area contributed by atoms with Crippen molar-refractivity contribution >= 4 is 23.5 Å². The summed E-state index contributed by atoms with van der Waals surface area (Å²) < 4.78 is 18.7. The number of benzene rings is 2. The van der Waals surface area contributed by atoms with Crippen LogP contribution in [0.4, 0.5) is 14.9 Å². The number of hydrogen-bond donors (Lipinski definition) is 2. The number of nitrogens with zero attached hydrogens (tertiary/aromatic N) is 1. The van der Waals surface area contributed by atoms with Gasteiger partial charge in [0.15, 0.2) is 0 Å². The van der Waals surface area contributed by atoms with E-state index < -0.39 is 0 Å². The van der Waals surface area contributed by atoms with E-state index in [-0.39, 0.29) is 24.1 Å². The van der Waals surface area contributed by atoms with Crippen LogP contribution in [0.3, 0.4) is 0 Å². The molecular weight excluding hydrogens is 401 g/mol. The highest BCUT2D eigenvalue weighted by atomic mass is 32.2. The van der Waals surface area contributed by atoms with Crippen LogP contribution in [-0.4, -0.2) is 48.5 Å². The zero-order valence-corrected chi connectivity index (χ0v) is 18.4. The van der Waals surface area contributed by atoms with Crippen LogP contribution in [-0.2, 0) is 11.3 Å². The average Bonchev–Trinajstić information content (AvgIpc) is 2.70. The summed E-state index contributed by atoms with van der Waals surface area (Å²) in [6, 6.07) is 14.2. The van der Waals surface area contributed by atoms with Gasteiger partial charge in [0.05, 0.1) is 12.2 Å². The number of carbonyl (C=O) groups is 1. The third-order valence-electron chi connectivity index (χ3n) is 4.84. The maximum absolute atomic E-state index is 12.9. The Bertz CT molecular complexity index is 808. The summed E-state index contributed by atoms with van der Waals surface area (Å²) in [5.41, 5.74) is 1.93. The molecular formula is C23H30FN3O2S. The first-order chi connectivity index (χ1) is 14.5. The van der Waals surface area contributed by atoms with Gasteiger partial charge in [-0.15, -0.1) is 11.8 Å². The zero-order chi connectivity index (χ0) is 21.3. The second-order valence-electron chi connectivity index (χ2n) is 7.65. The highest BCUT2D eigenvalue weighted by molar-refractivity contribution is 7.99. The molecule has 5 nitrogen and oxygen atoms in total. The molecule has 2 aromatic rings. The topological polar surface area (TPSA) is 53.6 Å². The molecule has 0 bridgehead atoms. The van der Waals surface area contributed by atoms with Gasteiger partial charge in [0, 0.05) is 36.8 Å². The van der Waals surface area contributed by atoms with E-state index in [1.807, 2.05) is 18.2 Å². The van der Waals surface area contributed by atoms with Crippen molar-refractivity contribution < 1.29 is 13.9 Å². The number of halogens is 1. The average molecular weight is 432 g/mol. The number of anilines is 1. The lowest BCUT2D eigenvalue weighted by atomic mass is 10.1. The standard InChI is InChI=1S/C23H30FN3O2S/c1-17-14-27(15-18(2)29-17)16-19-6-3-4-7-22(19)26-23(28)25-12-5-13-30-21-10-8-20(24)9-11-21/h3-4,6-11,17-18H,5,12-16H2,1-2H3,(H2,25,26,28). The minimum Gasteiger partial charge on any atom is -0.373 e. The summed E-state index contributed by atoms with van der Waals surface area (Å²) in [6.45, 7) is 7.32. The second kappa shape index (κ2) is 11.3. The lowest BCUT2D eigenvalue weighted by Crippen LogP contribution is -2.45. The fraction of sp³-hybridized carbons (Fsp3) is 0.435. The smallest absolute Gasteiger partial charge is 0.319 e. The molecule has 2 atom stereocenters. The van der Waals surface area contributed by atoms with E-state index in [0.717, 1.165) is 48.0 Å². The van der Waals surface area contributed by atoms with Crippen LogP contribution < -0.4 is 10.6 Å². The quantitative estimate of drug-likeness (QED) is 0.468. The summed E-state index contributed by atoms with van der Waals surface area (Å²) in [7, 11) is 0. The molecule has 1 aliphatic rings. The molecule has 2 unspecified atom stereocenters. The number of morpholine rings is 1. The van der Waals surface area contributed by atoms with Gasteiger partial charge in [-0.1, -0.05) is 18.2 Å². The van der Waals surface area contributed by atoms with Crippen LogP contribution >= 0.6 is 11.8 Å². The molecule has 3 rings (SSSR count). The Morgan fingerprint density at radius 2 is 1.83 bits per heavy atom. The third kappa shape index (κ3) is 7.31. The Hall–Kier alpha value is -2.09. The number of amides is 2. The number of para-hydroxylation sites is 1. The summed E-state index contributed by atoms with van der Waals surface area (Å²) in [5.74, 6) is 0.631. The number of rotatable bonds is 8. The molecule has 0 spiro atoms. The van der Waals surface area contributed by atoms with Crippen LogP contribution in [0.2, 0.25) is 0 Å². The van der Waals surface area contributed by atoms with E-state index in [0.29, 0.717) is 6.54 Å². The largest absolute Gasteiger partial charge is 0.373 e. The van der Waals surface area contributed by atoms with Crippen molar-refractivity contribution in [1.82, 2.24) is 10.2 Å². The predicted molar refractivity (Wildman–Crippen MR) is 120 cm³/mol.